The first kappa shape index (κ1) is 17.4. The second kappa shape index (κ2) is 7.99. The highest BCUT2D eigenvalue weighted by Crippen LogP contribution is 2.28. The van der Waals surface area contributed by atoms with Crippen molar-refractivity contribution in [1.29, 1.82) is 0 Å². The molecule has 0 heterocycles. The van der Waals surface area contributed by atoms with Gasteiger partial charge in [-0.05, 0) is 43.1 Å². The van der Waals surface area contributed by atoms with Crippen LogP contribution in [0.25, 0.3) is 0 Å². The van der Waals surface area contributed by atoms with Gasteiger partial charge in [-0.1, -0.05) is 11.9 Å². The standard InChI is InChI=1S/C12H16F3N3O2S/c1-21-18-11(19)17-10-5-4-9(20-12(13,14)15)7-8(10)3-2-6-16/h4-5,7H,2-3,6,16H2,1H3,(H2,17,18,19). The molecule has 118 valence electrons. The number of alkyl halides is 3. The van der Waals surface area contributed by atoms with Gasteiger partial charge < -0.3 is 15.8 Å². The lowest BCUT2D eigenvalue weighted by atomic mass is 10.1. The van der Waals surface area contributed by atoms with Gasteiger partial charge in [-0.25, -0.2) is 4.79 Å². The van der Waals surface area contributed by atoms with Crippen LogP contribution in [0.15, 0.2) is 18.2 Å². The van der Waals surface area contributed by atoms with E-state index in [1.165, 1.54) is 12.1 Å². The number of aryl methyl sites for hydroxylation is 1. The van der Waals surface area contributed by atoms with Crippen molar-refractivity contribution in [2.24, 2.45) is 5.73 Å². The predicted octanol–water partition coefficient (Wildman–Crippen LogP) is 2.88. The Labute approximate surface area is 124 Å². The maximum atomic E-state index is 12.2. The minimum atomic E-state index is -4.75. The molecule has 0 unspecified atom stereocenters. The number of benzene rings is 1. The van der Waals surface area contributed by atoms with Gasteiger partial charge in [-0.2, -0.15) is 0 Å². The van der Waals surface area contributed by atoms with Gasteiger partial charge in [0.1, 0.15) is 5.75 Å². The molecule has 0 aliphatic heterocycles. The minimum Gasteiger partial charge on any atom is -0.406 e. The Balaban J connectivity index is 2.93. The first-order valence-electron chi connectivity index (χ1n) is 6.04. The lowest BCUT2D eigenvalue weighted by Crippen LogP contribution is -2.23. The Hall–Kier alpha value is -1.61. The predicted molar refractivity (Wildman–Crippen MR) is 76.2 cm³/mol. The Morgan fingerprint density at radius 1 is 1.43 bits per heavy atom. The summed E-state index contributed by atoms with van der Waals surface area (Å²) in [5, 5.41) is 2.56. The lowest BCUT2D eigenvalue weighted by Gasteiger charge is -2.14. The van der Waals surface area contributed by atoms with Gasteiger partial charge in [0, 0.05) is 11.9 Å². The fraction of sp³-hybridized carbons (Fsp3) is 0.417. The van der Waals surface area contributed by atoms with Crippen molar-refractivity contribution >= 4 is 23.7 Å². The quantitative estimate of drug-likeness (QED) is 0.704. The number of hydrogen-bond acceptors (Lipinski definition) is 4. The largest absolute Gasteiger partial charge is 0.573 e. The van der Waals surface area contributed by atoms with Crippen LogP contribution in [0, 0.1) is 0 Å². The zero-order valence-corrected chi connectivity index (χ0v) is 12.1. The van der Waals surface area contributed by atoms with E-state index in [0.29, 0.717) is 30.6 Å². The molecule has 21 heavy (non-hydrogen) atoms. The average Bonchev–Trinajstić information content (AvgIpc) is 2.37. The Morgan fingerprint density at radius 2 is 2.14 bits per heavy atom. The molecule has 1 aromatic carbocycles. The molecule has 1 rings (SSSR count). The van der Waals surface area contributed by atoms with Crippen LogP contribution in [-0.2, 0) is 6.42 Å². The highest BCUT2D eigenvalue weighted by atomic mass is 32.2. The third-order valence-electron chi connectivity index (χ3n) is 2.40. The summed E-state index contributed by atoms with van der Waals surface area (Å²) in [6.07, 6.45) is -2.07. The number of hydrogen-bond donors (Lipinski definition) is 3. The lowest BCUT2D eigenvalue weighted by molar-refractivity contribution is -0.274. The first-order chi connectivity index (χ1) is 9.85. The van der Waals surface area contributed by atoms with Crippen LogP contribution in [0.2, 0.25) is 0 Å². The van der Waals surface area contributed by atoms with E-state index in [1.54, 1.807) is 6.26 Å². The molecule has 0 fully saturated rings. The number of nitrogens with one attached hydrogen (secondary N) is 2. The third-order valence-corrected chi connectivity index (χ3v) is 2.79. The van der Waals surface area contributed by atoms with Crippen molar-refractivity contribution in [3.8, 4) is 5.75 Å². The van der Waals surface area contributed by atoms with Crippen LogP contribution in [0.5, 0.6) is 5.75 Å². The molecule has 0 saturated carbocycles. The SMILES string of the molecule is CSNC(=O)Nc1ccc(OC(F)(F)F)cc1CCCN. The second-order valence-electron chi connectivity index (χ2n) is 4.02. The molecule has 0 aliphatic carbocycles. The number of halogens is 3. The summed E-state index contributed by atoms with van der Waals surface area (Å²) in [5.41, 5.74) is 6.35. The summed E-state index contributed by atoms with van der Waals surface area (Å²) < 4.78 is 43.0. The van der Waals surface area contributed by atoms with E-state index in [9.17, 15) is 18.0 Å². The van der Waals surface area contributed by atoms with E-state index in [2.05, 4.69) is 14.8 Å². The molecule has 9 heteroatoms. The zero-order valence-electron chi connectivity index (χ0n) is 11.3. The van der Waals surface area contributed by atoms with Crippen LogP contribution < -0.4 is 20.5 Å². The van der Waals surface area contributed by atoms with Crippen LogP contribution in [-0.4, -0.2) is 25.2 Å². The van der Waals surface area contributed by atoms with Gasteiger partial charge in [0.2, 0.25) is 0 Å². The maximum absolute atomic E-state index is 12.2. The average molecular weight is 323 g/mol. The van der Waals surface area contributed by atoms with E-state index in [-0.39, 0.29) is 5.75 Å². The third kappa shape index (κ3) is 6.58. The Kier molecular flexibility index (Phi) is 6.63. The van der Waals surface area contributed by atoms with Gasteiger partial charge in [0.05, 0.1) is 0 Å². The number of carbonyl (C=O) groups excluding carboxylic acids is 1. The fourth-order valence-corrected chi connectivity index (χ4v) is 1.87. The van der Waals surface area contributed by atoms with Crippen molar-refractivity contribution in [2.45, 2.75) is 19.2 Å². The molecule has 0 aliphatic rings. The van der Waals surface area contributed by atoms with Gasteiger partial charge in [-0.15, -0.1) is 13.2 Å². The topological polar surface area (TPSA) is 76.4 Å². The fourth-order valence-electron chi connectivity index (χ4n) is 1.63. The van der Waals surface area contributed by atoms with Crippen LogP contribution >= 0.6 is 11.9 Å². The van der Waals surface area contributed by atoms with Gasteiger partial charge >= 0.3 is 12.4 Å². The van der Waals surface area contributed by atoms with Crippen LogP contribution in [0.4, 0.5) is 23.7 Å². The molecule has 0 aromatic heterocycles. The molecular formula is C12H16F3N3O2S. The van der Waals surface area contributed by atoms with E-state index >= 15 is 0 Å². The van der Waals surface area contributed by atoms with Crippen molar-refractivity contribution in [1.82, 2.24) is 4.72 Å². The van der Waals surface area contributed by atoms with Crippen molar-refractivity contribution in [3.63, 3.8) is 0 Å². The molecular weight excluding hydrogens is 307 g/mol. The molecule has 0 atom stereocenters. The first-order valence-corrected chi connectivity index (χ1v) is 7.27. The Bertz CT molecular complexity index is 483. The molecule has 4 N–H and O–H groups in total. The smallest absolute Gasteiger partial charge is 0.406 e. The summed E-state index contributed by atoms with van der Waals surface area (Å²) in [4.78, 5) is 11.5. The molecule has 0 spiro atoms. The number of urea groups is 1. The molecule has 0 saturated heterocycles. The molecule has 0 bridgehead atoms. The zero-order chi connectivity index (χ0) is 15.9. The molecule has 5 nitrogen and oxygen atoms in total. The summed E-state index contributed by atoms with van der Waals surface area (Å²) in [6.45, 7) is 0.390. The van der Waals surface area contributed by atoms with Gasteiger partial charge in [-0.3, -0.25) is 4.72 Å². The van der Waals surface area contributed by atoms with Gasteiger partial charge in [0.15, 0.2) is 0 Å². The number of anilines is 1. The second-order valence-corrected chi connectivity index (χ2v) is 4.63. The van der Waals surface area contributed by atoms with Crippen molar-refractivity contribution in [2.75, 3.05) is 18.1 Å². The highest BCUT2D eigenvalue weighted by molar-refractivity contribution is 7.97. The van der Waals surface area contributed by atoms with Crippen LogP contribution in [0.3, 0.4) is 0 Å². The molecule has 2 amide bonds. The summed E-state index contributed by atoms with van der Waals surface area (Å²) in [7, 11) is 0. The van der Waals surface area contributed by atoms with Crippen LogP contribution in [0.1, 0.15) is 12.0 Å². The van der Waals surface area contributed by atoms with E-state index in [4.69, 9.17) is 5.73 Å². The number of carbonyl (C=O) groups is 1. The summed E-state index contributed by atoms with van der Waals surface area (Å²) in [6, 6.07) is 3.31. The van der Waals surface area contributed by atoms with E-state index < -0.39 is 12.4 Å². The van der Waals surface area contributed by atoms with E-state index in [1.807, 2.05) is 0 Å². The van der Waals surface area contributed by atoms with Crippen molar-refractivity contribution in [3.05, 3.63) is 23.8 Å². The monoisotopic (exact) mass is 323 g/mol. The minimum absolute atomic E-state index is 0.328. The Morgan fingerprint density at radius 3 is 2.71 bits per heavy atom. The summed E-state index contributed by atoms with van der Waals surface area (Å²) in [5.74, 6) is -0.328. The van der Waals surface area contributed by atoms with Gasteiger partial charge in [0.25, 0.3) is 0 Å². The maximum Gasteiger partial charge on any atom is 0.573 e. The number of nitrogens with two attached hydrogens (primary N) is 1. The number of ether oxygens (including phenoxy) is 1. The number of rotatable bonds is 6. The van der Waals surface area contributed by atoms with Crippen molar-refractivity contribution < 1.29 is 22.7 Å². The summed E-state index contributed by atoms with van der Waals surface area (Å²) >= 11 is 1.11. The highest BCUT2D eigenvalue weighted by Gasteiger charge is 2.31. The van der Waals surface area contributed by atoms with E-state index in [0.717, 1.165) is 18.0 Å². The molecule has 0 radical (unpaired) electrons. The number of amides is 2. The normalized spacial score (nSPS) is 11.1. The molecule has 1 aromatic rings.